The average Bonchev–Trinajstić information content (AvgIpc) is 2.68. The Morgan fingerprint density at radius 1 is 1.00 bits per heavy atom. The van der Waals surface area contributed by atoms with E-state index in [1.54, 1.807) is 7.11 Å². The number of rotatable bonds is 4. The lowest BCUT2D eigenvalue weighted by atomic mass is 10.1. The van der Waals surface area contributed by atoms with Gasteiger partial charge in [0.25, 0.3) is 0 Å². The van der Waals surface area contributed by atoms with Crippen LogP contribution < -0.4 is 10.2 Å². The van der Waals surface area contributed by atoms with Crippen LogP contribution >= 0.6 is 0 Å². The van der Waals surface area contributed by atoms with Crippen molar-refractivity contribution < 1.29 is 9.47 Å². The van der Waals surface area contributed by atoms with Crippen LogP contribution in [0.4, 0.5) is 0 Å². The van der Waals surface area contributed by atoms with Gasteiger partial charge in [-0.05, 0) is 24.3 Å². The molecule has 0 unspecified atom stereocenters. The van der Waals surface area contributed by atoms with E-state index in [1.807, 2.05) is 42.5 Å². The van der Waals surface area contributed by atoms with Crippen molar-refractivity contribution in [1.82, 2.24) is 9.47 Å². The molecule has 1 aromatic heterocycles. The Hall–Kier alpha value is -2.37. The molecule has 1 aliphatic rings. The summed E-state index contributed by atoms with van der Waals surface area (Å²) in [6, 6.07) is 13.5. The fraction of sp³-hybridized carbons (Fsp3) is 0.350. The number of morpholine rings is 1. The molecule has 0 atom stereocenters. The van der Waals surface area contributed by atoms with Crippen molar-refractivity contribution in [1.29, 1.82) is 0 Å². The van der Waals surface area contributed by atoms with Gasteiger partial charge in [0, 0.05) is 43.0 Å². The Morgan fingerprint density at radius 2 is 1.76 bits per heavy atom. The summed E-state index contributed by atoms with van der Waals surface area (Å²) < 4.78 is 13.1. The molecule has 0 amide bonds. The molecular weight excluding hydrogens is 316 g/mol. The third-order valence-corrected chi connectivity index (χ3v) is 4.92. The van der Waals surface area contributed by atoms with E-state index in [0.29, 0.717) is 0 Å². The molecule has 0 saturated carbocycles. The summed E-state index contributed by atoms with van der Waals surface area (Å²) in [6.07, 6.45) is 0. The molecule has 1 fully saturated rings. The van der Waals surface area contributed by atoms with E-state index in [1.165, 1.54) is 0 Å². The molecule has 25 heavy (non-hydrogen) atoms. The minimum atomic E-state index is 0.0795. The lowest BCUT2D eigenvalue weighted by Gasteiger charge is -2.27. The van der Waals surface area contributed by atoms with Crippen molar-refractivity contribution in [2.24, 2.45) is 0 Å². The molecule has 0 N–H and O–H groups in total. The number of benzene rings is 2. The standard InChI is InChI=1S/C20H22N2O3/c1-24-15-6-7-17-19(14-15)22(9-8-21-10-12-25-13-11-21)18-5-3-2-4-16(18)20(17)23/h2-7,14H,8-13H2,1H3. The maximum Gasteiger partial charge on any atom is 0.197 e. The lowest BCUT2D eigenvalue weighted by molar-refractivity contribution is 0.0366. The molecule has 0 spiro atoms. The topological polar surface area (TPSA) is 43.7 Å². The van der Waals surface area contributed by atoms with Gasteiger partial charge in [0.1, 0.15) is 5.75 Å². The normalized spacial score (nSPS) is 15.7. The highest BCUT2D eigenvalue weighted by atomic mass is 16.5. The van der Waals surface area contributed by atoms with Crippen LogP contribution in [0.3, 0.4) is 0 Å². The summed E-state index contributed by atoms with van der Waals surface area (Å²) in [4.78, 5) is 15.3. The van der Waals surface area contributed by atoms with Gasteiger partial charge in [0.15, 0.2) is 5.43 Å². The van der Waals surface area contributed by atoms with E-state index in [-0.39, 0.29) is 5.43 Å². The predicted molar refractivity (Wildman–Crippen MR) is 99.5 cm³/mol. The summed E-state index contributed by atoms with van der Waals surface area (Å²) in [5.41, 5.74) is 1.98. The fourth-order valence-electron chi connectivity index (χ4n) is 3.54. The molecule has 5 heteroatoms. The van der Waals surface area contributed by atoms with Crippen LogP contribution in [0.5, 0.6) is 5.75 Å². The second kappa shape index (κ2) is 6.86. The number of ether oxygens (including phenoxy) is 2. The molecule has 1 saturated heterocycles. The average molecular weight is 338 g/mol. The van der Waals surface area contributed by atoms with E-state index < -0.39 is 0 Å². The maximum absolute atomic E-state index is 12.9. The van der Waals surface area contributed by atoms with Crippen LogP contribution in [0.25, 0.3) is 21.8 Å². The lowest BCUT2D eigenvalue weighted by Crippen LogP contribution is -2.38. The minimum Gasteiger partial charge on any atom is -0.497 e. The number of methoxy groups -OCH3 is 1. The van der Waals surface area contributed by atoms with Crippen LogP contribution in [0.1, 0.15) is 0 Å². The third kappa shape index (κ3) is 3.01. The van der Waals surface area contributed by atoms with Crippen LogP contribution in [0.2, 0.25) is 0 Å². The molecule has 1 aliphatic heterocycles. The highest BCUT2D eigenvalue weighted by molar-refractivity contribution is 5.94. The van der Waals surface area contributed by atoms with E-state index in [2.05, 4.69) is 9.47 Å². The molecule has 3 aromatic rings. The number of hydrogen-bond donors (Lipinski definition) is 0. The zero-order valence-electron chi connectivity index (χ0n) is 14.4. The second-order valence-electron chi connectivity index (χ2n) is 6.34. The number of pyridine rings is 1. The summed E-state index contributed by atoms with van der Waals surface area (Å²) in [7, 11) is 1.65. The van der Waals surface area contributed by atoms with Gasteiger partial charge < -0.3 is 14.0 Å². The molecular formula is C20H22N2O3. The number of fused-ring (bicyclic) bond motifs is 2. The van der Waals surface area contributed by atoms with Gasteiger partial charge >= 0.3 is 0 Å². The maximum atomic E-state index is 12.9. The van der Waals surface area contributed by atoms with Gasteiger partial charge in [0.05, 0.1) is 31.4 Å². The smallest absolute Gasteiger partial charge is 0.197 e. The first-order valence-electron chi connectivity index (χ1n) is 8.67. The summed E-state index contributed by atoms with van der Waals surface area (Å²) in [6.45, 7) is 5.25. The molecule has 0 aliphatic carbocycles. The molecule has 130 valence electrons. The third-order valence-electron chi connectivity index (χ3n) is 4.92. The summed E-state index contributed by atoms with van der Waals surface area (Å²) in [5, 5.41) is 1.50. The first kappa shape index (κ1) is 16.1. The van der Waals surface area contributed by atoms with Gasteiger partial charge in [-0.15, -0.1) is 0 Å². The fourth-order valence-corrected chi connectivity index (χ4v) is 3.54. The Balaban J connectivity index is 1.85. The summed E-state index contributed by atoms with van der Waals surface area (Å²) >= 11 is 0. The van der Waals surface area contributed by atoms with Crippen molar-refractivity contribution in [3.63, 3.8) is 0 Å². The molecule has 0 radical (unpaired) electrons. The van der Waals surface area contributed by atoms with Crippen molar-refractivity contribution in [2.45, 2.75) is 6.54 Å². The number of hydrogen-bond acceptors (Lipinski definition) is 4. The van der Waals surface area contributed by atoms with Crippen molar-refractivity contribution in [3.05, 3.63) is 52.7 Å². The minimum absolute atomic E-state index is 0.0795. The highest BCUT2D eigenvalue weighted by Gasteiger charge is 2.14. The number of nitrogens with zero attached hydrogens (tertiary/aromatic N) is 2. The van der Waals surface area contributed by atoms with Crippen LogP contribution in [0, 0.1) is 0 Å². The van der Waals surface area contributed by atoms with E-state index >= 15 is 0 Å². The van der Waals surface area contributed by atoms with Gasteiger partial charge in [-0.25, -0.2) is 0 Å². The van der Waals surface area contributed by atoms with Crippen LogP contribution in [-0.4, -0.2) is 49.4 Å². The van der Waals surface area contributed by atoms with Gasteiger partial charge in [0.2, 0.25) is 0 Å². The number of aromatic nitrogens is 1. The first-order chi connectivity index (χ1) is 12.3. The zero-order valence-corrected chi connectivity index (χ0v) is 14.4. The molecule has 0 bridgehead atoms. The van der Waals surface area contributed by atoms with Gasteiger partial charge in [-0.3, -0.25) is 9.69 Å². The zero-order chi connectivity index (χ0) is 17.2. The summed E-state index contributed by atoms with van der Waals surface area (Å²) in [5.74, 6) is 0.766. The van der Waals surface area contributed by atoms with Gasteiger partial charge in [-0.1, -0.05) is 12.1 Å². The molecule has 2 aromatic carbocycles. The highest BCUT2D eigenvalue weighted by Crippen LogP contribution is 2.23. The van der Waals surface area contributed by atoms with E-state index in [9.17, 15) is 4.79 Å². The van der Waals surface area contributed by atoms with E-state index in [4.69, 9.17) is 9.47 Å². The predicted octanol–water partition coefficient (Wildman–Crippen LogP) is 2.50. The van der Waals surface area contributed by atoms with Crippen molar-refractivity contribution in [3.8, 4) is 5.75 Å². The second-order valence-corrected chi connectivity index (χ2v) is 6.34. The van der Waals surface area contributed by atoms with Crippen molar-refractivity contribution >= 4 is 21.8 Å². The Labute approximate surface area is 146 Å². The van der Waals surface area contributed by atoms with E-state index in [0.717, 1.165) is 66.9 Å². The van der Waals surface area contributed by atoms with Crippen molar-refractivity contribution in [2.75, 3.05) is 40.0 Å². The Kier molecular flexibility index (Phi) is 4.42. The molecule has 2 heterocycles. The SMILES string of the molecule is COc1ccc2c(=O)c3ccccc3n(CCN3CCOCC3)c2c1. The van der Waals surface area contributed by atoms with Gasteiger partial charge in [-0.2, -0.15) is 0 Å². The first-order valence-corrected chi connectivity index (χ1v) is 8.67. The Morgan fingerprint density at radius 3 is 2.56 bits per heavy atom. The molecule has 4 rings (SSSR count). The quantitative estimate of drug-likeness (QED) is 0.686. The molecule has 5 nitrogen and oxygen atoms in total. The van der Waals surface area contributed by atoms with Crippen LogP contribution in [0.15, 0.2) is 47.3 Å². The number of para-hydroxylation sites is 1. The van der Waals surface area contributed by atoms with Crippen LogP contribution in [-0.2, 0) is 11.3 Å². The largest absolute Gasteiger partial charge is 0.497 e. The Bertz CT molecular complexity index is 958. The monoisotopic (exact) mass is 338 g/mol.